The predicted molar refractivity (Wildman–Crippen MR) is 170 cm³/mol. The molecular formula is C33H35N5O5S. The summed E-state index contributed by atoms with van der Waals surface area (Å²) in [6.07, 6.45) is 8.03. The zero-order valence-corrected chi connectivity index (χ0v) is 25.3. The fourth-order valence-electron chi connectivity index (χ4n) is 4.96. The largest absolute Gasteiger partial charge is 0.493 e. The number of methoxy groups -OCH3 is 1. The third kappa shape index (κ3) is 8.87. The van der Waals surface area contributed by atoms with E-state index in [2.05, 4.69) is 38.2 Å². The van der Waals surface area contributed by atoms with Crippen molar-refractivity contribution in [3.8, 4) is 17.2 Å². The van der Waals surface area contributed by atoms with Gasteiger partial charge in [-0.2, -0.15) is 5.10 Å². The molecule has 0 unspecified atom stereocenters. The Bertz CT molecular complexity index is 1550. The fourth-order valence-corrected chi connectivity index (χ4v) is 5.69. The lowest BCUT2D eigenvalue weighted by atomic mass is 9.84. The quantitative estimate of drug-likeness (QED) is 0.108. The molecule has 0 saturated heterocycles. The van der Waals surface area contributed by atoms with Crippen LogP contribution in [0.25, 0.3) is 0 Å². The number of anilines is 1. The van der Waals surface area contributed by atoms with Gasteiger partial charge >= 0.3 is 0 Å². The van der Waals surface area contributed by atoms with Crippen LogP contribution < -0.4 is 25.0 Å². The Morgan fingerprint density at radius 3 is 2.48 bits per heavy atom. The van der Waals surface area contributed by atoms with Crippen molar-refractivity contribution in [2.75, 3.05) is 25.6 Å². The topological polar surface area (TPSA) is 124 Å². The number of hydrazone groups is 1. The first-order valence-electron chi connectivity index (χ1n) is 14.6. The second kappa shape index (κ2) is 15.6. The van der Waals surface area contributed by atoms with Crippen LogP contribution in [0.3, 0.4) is 0 Å². The molecule has 1 saturated carbocycles. The first-order valence-corrected chi connectivity index (χ1v) is 15.4. The summed E-state index contributed by atoms with van der Waals surface area (Å²) in [4.78, 5) is 24.6. The van der Waals surface area contributed by atoms with E-state index in [1.807, 2.05) is 24.3 Å². The van der Waals surface area contributed by atoms with Gasteiger partial charge < -0.3 is 14.2 Å². The van der Waals surface area contributed by atoms with E-state index in [0.29, 0.717) is 51.9 Å². The summed E-state index contributed by atoms with van der Waals surface area (Å²) >= 11 is 1.13. The van der Waals surface area contributed by atoms with Gasteiger partial charge in [0.05, 0.1) is 19.7 Å². The fraction of sp³-hybridized carbons (Fsp3) is 0.303. The molecule has 1 aliphatic carbocycles. The highest BCUT2D eigenvalue weighted by molar-refractivity contribution is 7.15. The second-order valence-electron chi connectivity index (χ2n) is 10.3. The Morgan fingerprint density at radius 1 is 0.932 bits per heavy atom. The molecule has 0 radical (unpaired) electrons. The van der Waals surface area contributed by atoms with Crippen molar-refractivity contribution < 1.29 is 23.8 Å². The lowest BCUT2D eigenvalue weighted by Crippen LogP contribution is -2.19. The average Bonchev–Trinajstić information content (AvgIpc) is 3.50. The summed E-state index contributed by atoms with van der Waals surface area (Å²) in [5.41, 5.74) is 5.10. The highest BCUT2D eigenvalue weighted by Gasteiger charge is 2.15. The van der Waals surface area contributed by atoms with Crippen LogP contribution in [0.5, 0.6) is 17.2 Å². The summed E-state index contributed by atoms with van der Waals surface area (Å²) in [7, 11) is 1.56. The lowest BCUT2D eigenvalue weighted by molar-refractivity contribution is -0.120. The van der Waals surface area contributed by atoms with E-state index in [1.165, 1.54) is 43.9 Å². The third-order valence-electron chi connectivity index (χ3n) is 7.19. The monoisotopic (exact) mass is 613 g/mol. The number of ether oxygens (including phenoxy) is 3. The van der Waals surface area contributed by atoms with E-state index in [9.17, 15) is 9.59 Å². The van der Waals surface area contributed by atoms with Crippen molar-refractivity contribution in [1.82, 2.24) is 15.6 Å². The Hall–Kier alpha value is -4.77. The molecule has 0 spiro atoms. The molecule has 0 aliphatic heterocycles. The predicted octanol–water partition coefficient (Wildman–Crippen LogP) is 6.00. The van der Waals surface area contributed by atoms with E-state index in [-0.39, 0.29) is 18.2 Å². The van der Waals surface area contributed by atoms with Crippen LogP contribution in [0.1, 0.15) is 64.5 Å². The number of aromatic nitrogens is 2. The van der Waals surface area contributed by atoms with Crippen molar-refractivity contribution in [3.05, 3.63) is 94.5 Å². The van der Waals surface area contributed by atoms with Crippen LogP contribution in [0.15, 0.2) is 77.9 Å². The summed E-state index contributed by atoms with van der Waals surface area (Å²) in [5.74, 6) is 1.96. The summed E-state index contributed by atoms with van der Waals surface area (Å²) in [6.45, 7) is 0.754. The molecule has 1 fully saturated rings. The maximum absolute atomic E-state index is 12.3. The zero-order chi connectivity index (χ0) is 30.6. The smallest absolute Gasteiger partial charge is 0.257 e. The summed E-state index contributed by atoms with van der Waals surface area (Å²) < 4.78 is 17.2. The van der Waals surface area contributed by atoms with Crippen LogP contribution in [-0.2, 0) is 11.2 Å². The minimum atomic E-state index is -0.367. The van der Waals surface area contributed by atoms with E-state index in [1.54, 1.807) is 43.5 Å². The van der Waals surface area contributed by atoms with Crippen molar-refractivity contribution in [2.24, 2.45) is 5.10 Å². The summed E-state index contributed by atoms with van der Waals surface area (Å²) in [5, 5.41) is 15.4. The van der Waals surface area contributed by atoms with Crippen molar-refractivity contribution in [2.45, 2.75) is 44.4 Å². The Morgan fingerprint density at radius 2 is 1.70 bits per heavy atom. The Kier molecular flexibility index (Phi) is 10.9. The number of rotatable bonds is 13. The molecule has 10 nitrogen and oxygen atoms in total. The van der Waals surface area contributed by atoms with Crippen molar-refractivity contribution >= 4 is 34.5 Å². The lowest BCUT2D eigenvalue weighted by Gasteiger charge is -2.22. The molecule has 228 valence electrons. The van der Waals surface area contributed by atoms with Gasteiger partial charge in [0.15, 0.2) is 11.5 Å². The number of hydrogen-bond acceptors (Lipinski definition) is 9. The van der Waals surface area contributed by atoms with Gasteiger partial charge in [-0.05, 0) is 72.4 Å². The maximum atomic E-state index is 12.3. The van der Waals surface area contributed by atoms with Gasteiger partial charge in [0.1, 0.15) is 24.0 Å². The molecule has 1 aromatic heterocycles. The highest BCUT2D eigenvalue weighted by atomic mass is 32.1. The number of carbonyl (C=O) groups excluding carboxylic acids is 2. The standard InChI is InChI=1S/C33H35N5O5S/c1-41-29-20-23(12-17-28(29)43-19-18-42-27-15-13-25(14-16-27)24-8-4-2-5-9-24)22-34-36-30(39)21-31-37-38-33(44-31)35-32(40)26-10-6-3-7-11-26/h3,6-7,10-17,20,22,24H,2,4-5,8-9,18-19,21H2,1H3,(H,36,39)(H,35,38,40)/b34-22-. The van der Waals surface area contributed by atoms with Gasteiger partial charge in [-0.1, -0.05) is 60.9 Å². The van der Waals surface area contributed by atoms with Crippen LogP contribution in [-0.4, -0.2) is 48.5 Å². The van der Waals surface area contributed by atoms with Crippen molar-refractivity contribution in [3.63, 3.8) is 0 Å². The number of benzene rings is 3. The first-order chi connectivity index (χ1) is 21.6. The van der Waals surface area contributed by atoms with Gasteiger partial charge in [0.2, 0.25) is 11.0 Å². The molecule has 0 bridgehead atoms. The second-order valence-corrected chi connectivity index (χ2v) is 11.4. The molecule has 1 aliphatic rings. The number of hydrogen-bond donors (Lipinski definition) is 2. The SMILES string of the molecule is COc1cc(/C=N\NC(=O)Cc2nnc(NC(=O)c3ccccc3)s2)ccc1OCCOc1ccc(C2CCCCC2)cc1. The highest BCUT2D eigenvalue weighted by Crippen LogP contribution is 2.33. The molecule has 2 amide bonds. The maximum Gasteiger partial charge on any atom is 0.257 e. The molecule has 0 atom stereocenters. The summed E-state index contributed by atoms with van der Waals surface area (Å²) in [6, 6.07) is 22.6. The van der Waals surface area contributed by atoms with Crippen LogP contribution in [0.2, 0.25) is 0 Å². The molecule has 4 aromatic rings. The normalized spacial score (nSPS) is 13.4. The third-order valence-corrected chi connectivity index (χ3v) is 8.03. The van der Waals surface area contributed by atoms with Gasteiger partial charge in [-0.3, -0.25) is 14.9 Å². The van der Waals surface area contributed by atoms with Crippen LogP contribution in [0, 0.1) is 0 Å². The minimum Gasteiger partial charge on any atom is -0.493 e. The van der Waals surface area contributed by atoms with E-state index in [4.69, 9.17) is 14.2 Å². The zero-order valence-electron chi connectivity index (χ0n) is 24.5. The molecule has 5 rings (SSSR count). The number of nitrogens with zero attached hydrogens (tertiary/aromatic N) is 3. The Balaban J connectivity index is 1.04. The molecule has 44 heavy (non-hydrogen) atoms. The van der Waals surface area contributed by atoms with Crippen LogP contribution >= 0.6 is 11.3 Å². The minimum absolute atomic E-state index is 0.0287. The van der Waals surface area contributed by atoms with E-state index >= 15 is 0 Å². The first kappa shape index (κ1) is 30.7. The van der Waals surface area contributed by atoms with Gasteiger partial charge in [-0.15, -0.1) is 10.2 Å². The van der Waals surface area contributed by atoms with E-state index in [0.717, 1.165) is 17.1 Å². The number of amides is 2. The van der Waals surface area contributed by atoms with Crippen molar-refractivity contribution in [1.29, 1.82) is 0 Å². The molecular weight excluding hydrogens is 578 g/mol. The van der Waals surface area contributed by atoms with Gasteiger partial charge in [0.25, 0.3) is 5.91 Å². The molecule has 2 N–H and O–H groups in total. The van der Waals surface area contributed by atoms with E-state index < -0.39 is 0 Å². The van der Waals surface area contributed by atoms with Gasteiger partial charge in [-0.25, -0.2) is 5.43 Å². The number of nitrogens with one attached hydrogen (secondary N) is 2. The Labute approximate surface area is 260 Å². The molecule has 3 aromatic carbocycles. The van der Waals surface area contributed by atoms with Crippen LogP contribution in [0.4, 0.5) is 5.13 Å². The number of carbonyl (C=O) groups is 2. The van der Waals surface area contributed by atoms with Gasteiger partial charge in [0, 0.05) is 5.56 Å². The molecule has 1 heterocycles. The average molecular weight is 614 g/mol. The molecule has 11 heteroatoms.